The zero-order valence-electron chi connectivity index (χ0n) is 30.4. The van der Waals surface area contributed by atoms with Crippen molar-refractivity contribution in [2.45, 2.75) is 31.6 Å². The van der Waals surface area contributed by atoms with Gasteiger partial charge in [0.05, 0.1) is 27.7 Å². The van der Waals surface area contributed by atoms with Crippen molar-refractivity contribution in [1.29, 1.82) is 0 Å². The van der Waals surface area contributed by atoms with Gasteiger partial charge in [-0.3, -0.25) is 53.9 Å². The van der Waals surface area contributed by atoms with Gasteiger partial charge in [0.25, 0.3) is 17.7 Å². The Morgan fingerprint density at radius 2 is 1.60 bits per heavy atom. The van der Waals surface area contributed by atoms with E-state index in [1.54, 1.807) is 10.6 Å². The summed E-state index contributed by atoms with van der Waals surface area (Å²) in [4.78, 5) is 73.5. The lowest BCUT2D eigenvalue weighted by atomic mass is 10.0. The van der Waals surface area contributed by atoms with E-state index < -0.39 is 47.3 Å². The minimum absolute atomic E-state index is 0.0476. The van der Waals surface area contributed by atoms with Crippen molar-refractivity contribution < 1.29 is 41.9 Å². The molecular formula is C41H36F3N7O6. The Labute approximate surface area is 324 Å². The first kappa shape index (κ1) is 37.5. The number of fused-ring (bicyclic) bond motifs is 2. The number of imidazole rings is 1. The lowest BCUT2D eigenvalue weighted by Crippen LogP contribution is -2.54. The van der Waals surface area contributed by atoms with Crippen molar-refractivity contribution >= 4 is 46.5 Å². The number of rotatable bonds is 10. The highest BCUT2D eigenvalue weighted by atomic mass is 19.4. The van der Waals surface area contributed by atoms with Crippen LogP contribution < -0.4 is 15.4 Å². The maximum Gasteiger partial charge on any atom is 0.416 e. The van der Waals surface area contributed by atoms with Gasteiger partial charge in [-0.2, -0.15) is 13.2 Å². The van der Waals surface area contributed by atoms with Crippen LogP contribution in [0.3, 0.4) is 0 Å². The Balaban J connectivity index is 0.873. The Kier molecular flexibility index (Phi) is 10.1. The molecule has 0 saturated carbocycles. The number of nitrogens with zero attached hydrogens (tertiary/aromatic N) is 5. The van der Waals surface area contributed by atoms with Crippen LogP contribution in [0.2, 0.25) is 0 Å². The summed E-state index contributed by atoms with van der Waals surface area (Å²) in [5.74, 6) is -2.35. The van der Waals surface area contributed by atoms with Gasteiger partial charge in [-0.25, -0.2) is 4.98 Å². The number of piperazine rings is 1. The summed E-state index contributed by atoms with van der Waals surface area (Å²) >= 11 is 0. The van der Waals surface area contributed by atoms with Crippen molar-refractivity contribution in [3.8, 4) is 11.4 Å². The van der Waals surface area contributed by atoms with Crippen molar-refractivity contribution in [2.75, 3.05) is 44.6 Å². The number of carbonyl (C=O) groups is 5. The number of ether oxygens (including phenoxy) is 1. The number of carbonyl (C=O) groups excluding carboxylic acids is 5. The Hall–Kier alpha value is -6.39. The number of hydrogen-bond acceptors (Lipinski definition) is 9. The number of imide groups is 2. The maximum absolute atomic E-state index is 13.3. The number of para-hydroxylation sites is 1. The standard InChI is InChI=1S/C41H36F3N7O6/c42-41(43,44)27-6-4-5-26(22-27)36(53)47-40-45-32-21-25(9-12-33(32)50(40)28-7-2-1-3-8-28)24-49-17-15-48(16-18-49)19-20-57-29-10-11-30-31(23-29)39(56)51(38(30)55)34-13-14-35(52)46-37(34)54/h1-12,21-23,34H,13-20,24H2,(H,45,47,53)(H,46,52,54). The SMILES string of the molecule is O=C1CCC(N2C(=O)c3ccc(OCCN4CCN(Cc5ccc6c(c5)nc(NC(=O)c5cccc(C(F)(F)F)c5)n6-c5ccccc5)CC4)cc3C2=O)C(=O)N1. The highest BCUT2D eigenvalue weighted by Gasteiger charge is 2.44. The molecule has 0 bridgehead atoms. The first-order chi connectivity index (χ1) is 27.4. The van der Waals surface area contributed by atoms with Gasteiger partial charge in [-0.05, 0) is 72.6 Å². The predicted octanol–water partition coefficient (Wildman–Crippen LogP) is 4.89. The predicted molar refractivity (Wildman–Crippen MR) is 201 cm³/mol. The monoisotopic (exact) mass is 779 g/mol. The van der Waals surface area contributed by atoms with E-state index in [4.69, 9.17) is 9.72 Å². The molecule has 2 saturated heterocycles. The molecule has 4 heterocycles. The van der Waals surface area contributed by atoms with Crippen LogP contribution in [0.25, 0.3) is 16.7 Å². The van der Waals surface area contributed by atoms with E-state index in [2.05, 4.69) is 20.4 Å². The molecule has 1 atom stereocenters. The molecule has 3 aliphatic heterocycles. The fourth-order valence-corrected chi connectivity index (χ4v) is 7.42. The lowest BCUT2D eigenvalue weighted by molar-refractivity contribution is -0.138. The molecule has 2 N–H and O–H groups in total. The van der Waals surface area contributed by atoms with E-state index in [9.17, 15) is 37.1 Å². The normalized spacial score (nSPS) is 17.9. The van der Waals surface area contributed by atoms with Gasteiger partial charge < -0.3 is 4.74 Å². The van der Waals surface area contributed by atoms with Crippen LogP contribution in [0.1, 0.15) is 55.0 Å². The highest BCUT2D eigenvalue weighted by Crippen LogP contribution is 2.32. The van der Waals surface area contributed by atoms with E-state index in [1.807, 2.05) is 48.5 Å². The first-order valence-electron chi connectivity index (χ1n) is 18.4. The number of aromatic nitrogens is 2. The van der Waals surface area contributed by atoms with Crippen molar-refractivity contribution in [3.05, 3.63) is 119 Å². The molecule has 4 aromatic carbocycles. The summed E-state index contributed by atoms with van der Waals surface area (Å²) in [6.07, 6.45) is -4.46. The van der Waals surface area contributed by atoms with Gasteiger partial charge in [0.1, 0.15) is 18.4 Å². The average molecular weight is 780 g/mol. The molecule has 0 radical (unpaired) electrons. The minimum atomic E-state index is -4.59. The third-order valence-corrected chi connectivity index (χ3v) is 10.4. The summed E-state index contributed by atoms with van der Waals surface area (Å²) in [7, 11) is 0. The largest absolute Gasteiger partial charge is 0.492 e. The quantitative estimate of drug-likeness (QED) is 0.189. The third kappa shape index (κ3) is 7.73. The molecule has 57 heavy (non-hydrogen) atoms. The number of halogens is 3. The van der Waals surface area contributed by atoms with E-state index in [1.165, 1.54) is 24.3 Å². The molecular weight excluding hydrogens is 743 g/mol. The van der Waals surface area contributed by atoms with E-state index in [0.717, 1.165) is 60.0 Å². The van der Waals surface area contributed by atoms with Gasteiger partial charge in [0, 0.05) is 56.9 Å². The van der Waals surface area contributed by atoms with Crippen LogP contribution in [0, 0.1) is 0 Å². The molecule has 8 rings (SSSR count). The smallest absolute Gasteiger partial charge is 0.416 e. The average Bonchev–Trinajstić information content (AvgIpc) is 3.67. The lowest BCUT2D eigenvalue weighted by Gasteiger charge is -2.34. The molecule has 5 amide bonds. The van der Waals surface area contributed by atoms with Crippen molar-refractivity contribution in [2.24, 2.45) is 0 Å². The Morgan fingerprint density at radius 1 is 0.842 bits per heavy atom. The number of alkyl halides is 3. The molecule has 1 aromatic heterocycles. The number of amides is 5. The summed E-state index contributed by atoms with van der Waals surface area (Å²) in [6, 6.07) is 23.0. The molecule has 292 valence electrons. The van der Waals surface area contributed by atoms with Crippen LogP contribution in [-0.2, 0) is 22.3 Å². The van der Waals surface area contributed by atoms with Crippen LogP contribution in [0.15, 0.2) is 91.0 Å². The van der Waals surface area contributed by atoms with Crippen molar-refractivity contribution in [1.82, 2.24) is 29.6 Å². The van der Waals surface area contributed by atoms with Crippen LogP contribution in [0.4, 0.5) is 19.1 Å². The fourth-order valence-electron chi connectivity index (χ4n) is 7.42. The van der Waals surface area contributed by atoms with Gasteiger partial charge >= 0.3 is 6.18 Å². The molecule has 0 spiro atoms. The first-order valence-corrected chi connectivity index (χ1v) is 18.4. The van der Waals surface area contributed by atoms with Crippen LogP contribution in [-0.4, -0.2) is 99.2 Å². The van der Waals surface area contributed by atoms with E-state index in [-0.39, 0.29) is 35.5 Å². The van der Waals surface area contributed by atoms with Crippen molar-refractivity contribution in [3.63, 3.8) is 0 Å². The fraction of sp³-hybridized carbons (Fsp3) is 0.268. The summed E-state index contributed by atoms with van der Waals surface area (Å²) in [5.41, 5.74) is 2.38. The third-order valence-electron chi connectivity index (χ3n) is 10.4. The number of nitrogens with one attached hydrogen (secondary N) is 2. The summed E-state index contributed by atoms with van der Waals surface area (Å²) in [6.45, 7) is 4.81. The Morgan fingerprint density at radius 3 is 2.35 bits per heavy atom. The zero-order valence-corrected chi connectivity index (χ0v) is 30.4. The van der Waals surface area contributed by atoms with Gasteiger partial charge in [0.2, 0.25) is 17.8 Å². The highest BCUT2D eigenvalue weighted by molar-refractivity contribution is 6.23. The molecule has 2 fully saturated rings. The van der Waals surface area contributed by atoms with Crippen LogP contribution >= 0.6 is 0 Å². The van der Waals surface area contributed by atoms with E-state index in [0.29, 0.717) is 31.0 Å². The molecule has 3 aliphatic rings. The summed E-state index contributed by atoms with van der Waals surface area (Å²) < 4.78 is 47.8. The van der Waals surface area contributed by atoms with Gasteiger partial charge in [-0.1, -0.05) is 30.3 Å². The second-order valence-electron chi connectivity index (χ2n) is 14.1. The zero-order chi connectivity index (χ0) is 39.8. The number of piperidine rings is 1. The topological polar surface area (TPSA) is 146 Å². The number of benzene rings is 4. The second-order valence-corrected chi connectivity index (χ2v) is 14.1. The molecule has 1 unspecified atom stereocenters. The number of hydrogen-bond donors (Lipinski definition) is 2. The second kappa shape index (κ2) is 15.3. The molecule has 5 aromatic rings. The molecule has 13 nitrogen and oxygen atoms in total. The van der Waals surface area contributed by atoms with Gasteiger partial charge in [0.15, 0.2) is 0 Å². The summed E-state index contributed by atoms with van der Waals surface area (Å²) in [5, 5.41) is 4.92. The van der Waals surface area contributed by atoms with Gasteiger partial charge in [-0.15, -0.1) is 0 Å². The Bertz CT molecular complexity index is 2410. The minimum Gasteiger partial charge on any atom is -0.492 e. The molecule has 0 aliphatic carbocycles. The maximum atomic E-state index is 13.3. The number of anilines is 1. The van der Waals surface area contributed by atoms with E-state index >= 15 is 0 Å². The van der Waals surface area contributed by atoms with Crippen LogP contribution in [0.5, 0.6) is 5.75 Å². The molecule has 16 heteroatoms.